The molecule has 1 aliphatic rings. The predicted molar refractivity (Wildman–Crippen MR) is 80.1 cm³/mol. The number of rotatable bonds is 5. The number of carbonyl (C=O) groups excluding carboxylic acids is 2. The number of amides is 2. The van der Waals surface area contributed by atoms with Crippen LogP contribution in [-0.4, -0.2) is 31.0 Å². The lowest BCUT2D eigenvalue weighted by Gasteiger charge is -2.15. The summed E-state index contributed by atoms with van der Waals surface area (Å²) in [5.74, 6) is 0.289. The lowest BCUT2D eigenvalue weighted by molar-refractivity contribution is -0.129. The van der Waals surface area contributed by atoms with Crippen LogP contribution < -0.4 is 15.4 Å². The van der Waals surface area contributed by atoms with Crippen LogP contribution in [0.5, 0.6) is 5.75 Å². The first-order chi connectivity index (χ1) is 10.2. The first-order valence-electron chi connectivity index (χ1n) is 7.48. The van der Waals surface area contributed by atoms with Gasteiger partial charge in [-0.1, -0.05) is 19.1 Å². The molecular formula is C16H22N2O3. The second-order valence-electron chi connectivity index (χ2n) is 5.19. The number of hydrogen-bond acceptors (Lipinski definition) is 3. The maximum Gasteiger partial charge on any atom is 0.258 e. The van der Waals surface area contributed by atoms with E-state index in [0.717, 1.165) is 19.3 Å². The van der Waals surface area contributed by atoms with Crippen LogP contribution in [0.4, 0.5) is 0 Å². The zero-order valence-corrected chi connectivity index (χ0v) is 12.4. The van der Waals surface area contributed by atoms with Crippen molar-refractivity contribution in [3.05, 3.63) is 29.8 Å². The molecule has 0 aliphatic carbocycles. The summed E-state index contributed by atoms with van der Waals surface area (Å²) in [6.45, 7) is 2.70. The third-order valence-corrected chi connectivity index (χ3v) is 3.57. The van der Waals surface area contributed by atoms with Crippen molar-refractivity contribution in [2.75, 3.05) is 13.2 Å². The molecule has 5 nitrogen and oxygen atoms in total. The van der Waals surface area contributed by atoms with Crippen LogP contribution in [0.1, 0.15) is 31.7 Å². The van der Waals surface area contributed by atoms with Crippen molar-refractivity contribution in [1.29, 1.82) is 0 Å². The molecule has 0 saturated carbocycles. The van der Waals surface area contributed by atoms with Gasteiger partial charge in [0.15, 0.2) is 6.61 Å². The van der Waals surface area contributed by atoms with Crippen molar-refractivity contribution in [2.45, 2.75) is 38.6 Å². The first-order valence-corrected chi connectivity index (χ1v) is 7.48. The van der Waals surface area contributed by atoms with Gasteiger partial charge in [-0.2, -0.15) is 0 Å². The van der Waals surface area contributed by atoms with E-state index in [1.54, 1.807) is 0 Å². The molecule has 1 saturated heterocycles. The zero-order chi connectivity index (χ0) is 15.1. The fraction of sp³-hybridized carbons (Fsp3) is 0.500. The Bertz CT molecular complexity index is 485. The van der Waals surface area contributed by atoms with Crippen LogP contribution >= 0.6 is 0 Å². The van der Waals surface area contributed by atoms with Gasteiger partial charge in [-0.25, -0.2) is 0 Å². The van der Waals surface area contributed by atoms with Crippen molar-refractivity contribution >= 4 is 11.8 Å². The van der Waals surface area contributed by atoms with Crippen molar-refractivity contribution in [3.8, 4) is 5.75 Å². The summed E-state index contributed by atoms with van der Waals surface area (Å²) in [7, 11) is 0. The summed E-state index contributed by atoms with van der Waals surface area (Å²) in [5.41, 5.74) is 1.22. The Labute approximate surface area is 125 Å². The lowest BCUT2D eigenvalue weighted by Crippen LogP contribution is -2.46. The summed E-state index contributed by atoms with van der Waals surface area (Å²) in [6.07, 6.45) is 3.54. The fourth-order valence-corrected chi connectivity index (χ4v) is 2.28. The summed E-state index contributed by atoms with van der Waals surface area (Å²) in [4.78, 5) is 23.6. The summed E-state index contributed by atoms with van der Waals surface area (Å²) < 4.78 is 5.43. The average Bonchev–Trinajstić information content (AvgIpc) is 2.71. The van der Waals surface area contributed by atoms with Gasteiger partial charge in [0.1, 0.15) is 11.8 Å². The van der Waals surface area contributed by atoms with Gasteiger partial charge in [0.05, 0.1) is 0 Å². The molecule has 1 heterocycles. The molecule has 114 valence electrons. The van der Waals surface area contributed by atoms with Crippen molar-refractivity contribution in [3.63, 3.8) is 0 Å². The van der Waals surface area contributed by atoms with E-state index in [-0.39, 0.29) is 18.4 Å². The molecule has 1 atom stereocenters. The minimum Gasteiger partial charge on any atom is -0.484 e. The maximum atomic E-state index is 11.8. The number of benzene rings is 1. The minimum atomic E-state index is -0.439. The van der Waals surface area contributed by atoms with E-state index in [0.29, 0.717) is 18.7 Å². The second kappa shape index (κ2) is 7.67. The van der Waals surface area contributed by atoms with Crippen molar-refractivity contribution in [2.24, 2.45) is 0 Å². The molecule has 1 aromatic rings. The molecule has 0 bridgehead atoms. The molecule has 0 aromatic heterocycles. The Morgan fingerprint density at radius 1 is 1.33 bits per heavy atom. The monoisotopic (exact) mass is 290 g/mol. The number of aryl methyl sites for hydroxylation is 1. The highest BCUT2D eigenvalue weighted by Gasteiger charge is 2.22. The molecular weight excluding hydrogens is 268 g/mol. The molecule has 1 fully saturated rings. The Morgan fingerprint density at radius 2 is 2.10 bits per heavy atom. The predicted octanol–water partition coefficient (Wildman–Crippen LogP) is 1.41. The molecule has 21 heavy (non-hydrogen) atoms. The van der Waals surface area contributed by atoms with E-state index in [2.05, 4.69) is 17.6 Å². The fourth-order valence-electron chi connectivity index (χ4n) is 2.28. The molecule has 0 radical (unpaired) electrons. The normalized spacial score (nSPS) is 18.5. The van der Waals surface area contributed by atoms with E-state index >= 15 is 0 Å². The van der Waals surface area contributed by atoms with E-state index in [9.17, 15) is 9.59 Å². The smallest absolute Gasteiger partial charge is 0.258 e. The van der Waals surface area contributed by atoms with Crippen LogP contribution in [-0.2, 0) is 16.0 Å². The highest BCUT2D eigenvalue weighted by Crippen LogP contribution is 2.12. The summed E-state index contributed by atoms with van der Waals surface area (Å²) in [6, 6.07) is 7.22. The highest BCUT2D eigenvalue weighted by atomic mass is 16.5. The Kier molecular flexibility index (Phi) is 5.60. The third-order valence-electron chi connectivity index (χ3n) is 3.57. The minimum absolute atomic E-state index is 0.0742. The van der Waals surface area contributed by atoms with E-state index in [1.165, 1.54) is 5.56 Å². The highest BCUT2D eigenvalue weighted by molar-refractivity contribution is 5.88. The molecule has 1 aromatic carbocycles. The number of nitrogens with one attached hydrogen (secondary N) is 2. The molecule has 0 spiro atoms. The van der Waals surface area contributed by atoms with Crippen LogP contribution in [0, 0.1) is 0 Å². The molecule has 1 aliphatic heterocycles. The summed E-state index contributed by atoms with van der Waals surface area (Å²) in [5, 5.41) is 5.52. The first kappa shape index (κ1) is 15.4. The van der Waals surface area contributed by atoms with Gasteiger partial charge in [-0.05, 0) is 43.4 Å². The lowest BCUT2D eigenvalue weighted by atomic mass is 10.1. The largest absolute Gasteiger partial charge is 0.484 e. The van der Waals surface area contributed by atoms with Crippen LogP contribution in [0.25, 0.3) is 0 Å². The number of ether oxygens (including phenoxy) is 1. The van der Waals surface area contributed by atoms with E-state index < -0.39 is 6.04 Å². The quantitative estimate of drug-likeness (QED) is 0.861. The molecule has 2 rings (SSSR count). The molecule has 2 amide bonds. The maximum absolute atomic E-state index is 11.8. The van der Waals surface area contributed by atoms with Gasteiger partial charge in [0.2, 0.25) is 5.91 Å². The van der Waals surface area contributed by atoms with E-state index in [1.807, 2.05) is 24.3 Å². The van der Waals surface area contributed by atoms with Crippen molar-refractivity contribution < 1.29 is 14.3 Å². The Morgan fingerprint density at radius 3 is 2.81 bits per heavy atom. The van der Waals surface area contributed by atoms with Crippen LogP contribution in [0.3, 0.4) is 0 Å². The molecule has 2 N–H and O–H groups in total. The number of carbonyl (C=O) groups is 2. The standard InChI is InChI=1S/C16H22N2O3/c1-2-12-6-8-13(9-7-12)21-11-15(19)18-14-5-3-4-10-17-16(14)20/h6-9,14H,2-5,10-11H2,1H3,(H,17,20)(H,18,19)/t14-/m0/s1. The van der Waals surface area contributed by atoms with Gasteiger partial charge in [-0.15, -0.1) is 0 Å². The third kappa shape index (κ3) is 4.77. The van der Waals surface area contributed by atoms with Crippen LogP contribution in [0.15, 0.2) is 24.3 Å². The molecule has 5 heteroatoms. The topological polar surface area (TPSA) is 67.4 Å². The van der Waals surface area contributed by atoms with Gasteiger partial charge < -0.3 is 15.4 Å². The summed E-state index contributed by atoms with van der Waals surface area (Å²) >= 11 is 0. The van der Waals surface area contributed by atoms with Gasteiger partial charge >= 0.3 is 0 Å². The Balaban J connectivity index is 1.79. The van der Waals surface area contributed by atoms with Crippen molar-refractivity contribution in [1.82, 2.24) is 10.6 Å². The zero-order valence-electron chi connectivity index (χ0n) is 12.4. The average molecular weight is 290 g/mol. The van der Waals surface area contributed by atoms with Gasteiger partial charge in [0, 0.05) is 6.54 Å². The molecule has 0 unspecified atom stereocenters. The van der Waals surface area contributed by atoms with Gasteiger partial charge in [0.25, 0.3) is 5.91 Å². The number of hydrogen-bond donors (Lipinski definition) is 2. The van der Waals surface area contributed by atoms with Gasteiger partial charge in [-0.3, -0.25) is 9.59 Å². The van der Waals surface area contributed by atoms with Crippen LogP contribution in [0.2, 0.25) is 0 Å². The SMILES string of the molecule is CCc1ccc(OCC(=O)N[C@H]2CCCCNC2=O)cc1. The second-order valence-corrected chi connectivity index (χ2v) is 5.19. The Hall–Kier alpha value is -2.04. The van der Waals surface area contributed by atoms with E-state index in [4.69, 9.17) is 4.74 Å².